The topological polar surface area (TPSA) is 55.6 Å². The zero-order valence-corrected chi connectivity index (χ0v) is 14.6. The second-order valence-corrected chi connectivity index (χ2v) is 6.45. The molecule has 24 heavy (non-hydrogen) atoms. The molecular formula is C19H22N2O2S. The number of hydrogen-bond acceptors (Lipinski definition) is 3. The van der Waals surface area contributed by atoms with Gasteiger partial charge in [-0.3, -0.25) is 4.79 Å². The van der Waals surface area contributed by atoms with Crippen LogP contribution >= 0.6 is 12.2 Å². The first kappa shape index (κ1) is 16.7. The highest BCUT2D eigenvalue weighted by atomic mass is 32.1. The maximum Gasteiger partial charge on any atom is 0.220 e. The summed E-state index contributed by atoms with van der Waals surface area (Å²) in [5, 5.41) is 2.18. The number of carbonyl (C=O) groups excluding carboxylic acids is 1. The van der Waals surface area contributed by atoms with E-state index in [-0.39, 0.29) is 11.8 Å². The van der Waals surface area contributed by atoms with Crippen molar-refractivity contribution >= 4 is 33.9 Å². The lowest BCUT2D eigenvalue weighted by atomic mass is 9.95. The number of ether oxygens (including phenoxy) is 1. The Labute approximate surface area is 147 Å². The molecule has 1 fully saturated rings. The number of carbonyl (C=O) groups is 1. The smallest absolute Gasteiger partial charge is 0.220 e. The highest BCUT2D eigenvalue weighted by Crippen LogP contribution is 2.30. The van der Waals surface area contributed by atoms with Crippen LogP contribution in [0.4, 0.5) is 0 Å². The Balaban J connectivity index is 1.88. The van der Waals surface area contributed by atoms with E-state index in [4.69, 9.17) is 22.7 Å². The molecule has 0 radical (unpaired) electrons. The Morgan fingerprint density at radius 2 is 1.88 bits per heavy atom. The van der Waals surface area contributed by atoms with Crippen molar-refractivity contribution < 1.29 is 9.53 Å². The third-order valence-corrected chi connectivity index (χ3v) is 5.08. The third-order valence-electron chi connectivity index (χ3n) is 4.60. The van der Waals surface area contributed by atoms with Gasteiger partial charge in [-0.25, -0.2) is 0 Å². The molecule has 0 saturated carbocycles. The van der Waals surface area contributed by atoms with E-state index in [1.807, 2.05) is 31.2 Å². The highest BCUT2D eigenvalue weighted by Gasteiger charge is 2.25. The van der Waals surface area contributed by atoms with Gasteiger partial charge < -0.3 is 15.4 Å². The molecule has 1 amide bonds. The first-order chi connectivity index (χ1) is 11.6. The summed E-state index contributed by atoms with van der Waals surface area (Å²) in [6.07, 6.45) is 1.54. The molecule has 0 aliphatic carbocycles. The number of hydrogen-bond donors (Lipinski definition) is 1. The largest absolute Gasteiger partial charge is 0.493 e. The average Bonchev–Trinajstić information content (AvgIpc) is 2.62. The highest BCUT2D eigenvalue weighted by molar-refractivity contribution is 7.80. The second-order valence-electron chi connectivity index (χ2n) is 6.06. The van der Waals surface area contributed by atoms with E-state index >= 15 is 0 Å². The molecule has 1 aliphatic heterocycles. The maximum atomic E-state index is 11.3. The fraction of sp³-hybridized carbons (Fsp3) is 0.368. The number of nitrogens with two attached hydrogens (primary N) is 1. The molecule has 4 nitrogen and oxygen atoms in total. The van der Waals surface area contributed by atoms with Crippen LogP contribution in [0.1, 0.15) is 25.3 Å². The summed E-state index contributed by atoms with van der Waals surface area (Å²) in [4.78, 5) is 14.3. The molecule has 2 aromatic rings. The molecule has 2 aromatic carbocycles. The summed E-state index contributed by atoms with van der Waals surface area (Å²) in [5.74, 6) is 0.653. The van der Waals surface area contributed by atoms with E-state index in [0.29, 0.717) is 6.61 Å². The van der Waals surface area contributed by atoms with Crippen molar-refractivity contribution in [3.8, 4) is 5.75 Å². The van der Waals surface area contributed by atoms with Crippen molar-refractivity contribution in [2.24, 2.45) is 11.7 Å². The predicted molar refractivity (Wildman–Crippen MR) is 100 cm³/mol. The zero-order valence-electron chi connectivity index (χ0n) is 13.8. The van der Waals surface area contributed by atoms with Crippen LogP contribution < -0.4 is 10.5 Å². The van der Waals surface area contributed by atoms with Gasteiger partial charge in [0.2, 0.25) is 5.91 Å². The molecule has 0 unspecified atom stereocenters. The number of primary amides is 1. The summed E-state index contributed by atoms with van der Waals surface area (Å²) in [6, 6.07) is 12.2. The van der Waals surface area contributed by atoms with Gasteiger partial charge in [0.25, 0.3) is 0 Å². The van der Waals surface area contributed by atoms with Gasteiger partial charge in [0, 0.05) is 30.0 Å². The van der Waals surface area contributed by atoms with Crippen molar-refractivity contribution in [3.05, 3.63) is 42.0 Å². The van der Waals surface area contributed by atoms with Gasteiger partial charge in [-0.1, -0.05) is 36.5 Å². The Morgan fingerprint density at radius 3 is 2.50 bits per heavy atom. The Bertz CT molecular complexity index is 767. The number of likely N-dealkylation sites (tertiary alicyclic amines) is 1. The van der Waals surface area contributed by atoms with Gasteiger partial charge in [-0.2, -0.15) is 0 Å². The number of thiocarbonyl (C=S) groups is 1. The van der Waals surface area contributed by atoms with Gasteiger partial charge in [0.05, 0.1) is 6.61 Å². The normalized spacial score (nSPS) is 15.5. The van der Waals surface area contributed by atoms with E-state index in [1.165, 1.54) is 0 Å². The molecule has 3 rings (SSSR count). The molecule has 5 heteroatoms. The zero-order chi connectivity index (χ0) is 17.1. The van der Waals surface area contributed by atoms with E-state index in [9.17, 15) is 4.79 Å². The van der Waals surface area contributed by atoms with Crippen LogP contribution in [0.3, 0.4) is 0 Å². The summed E-state index contributed by atoms with van der Waals surface area (Å²) in [5.41, 5.74) is 6.46. The standard InChI is InChI=1S/C19H22N2O2S/c1-2-23-17-8-7-16(14-5-3-4-6-15(14)17)19(24)21-11-9-13(10-12-21)18(20)22/h3-8,13H,2,9-12H2,1H3,(H2,20,22). The van der Waals surface area contributed by atoms with Gasteiger partial charge in [-0.15, -0.1) is 0 Å². The minimum atomic E-state index is -0.202. The Kier molecular flexibility index (Phi) is 5.00. The molecule has 0 atom stereocenters. The summed E-state index contributed by atoms with van der Waals surface area (Å²) < 4.78 is 5.73. The molecule has 2 N–H and O–H groups in total. The second kappa shape index (κ2) is 7.18. The predicted octanol–water partition coefficient (Wildman–Crippen LogP) is 3.11. The Hall–Kier alpha value is -2.14. The number of benzene rings is 2. The lowest BCUT2D eigenvalue weighted by molar-refractivity contribution is -0.122. The van der Waals surface area contributed by atoms with E-state index in [0.717, 1.165) is 53.0 Å². The Morgan fingerprint density at radius 1 is 1.21 bits per heavy atom. The van der Waals surface area contributed by atoms with Crippen LogP contribution in [0, 0.1) is 5.92 Å². The lowest BCUT2D eigenvalue weighted by Gasteiger charge is -2.33. The van der Waals surface area contributed by atoms with Gasteiger partial charge >= 0.3 is 0 Å². The molecule has 126 valence electrons. The molecule has 0 aromatic heterocycles. The molecule has 1 saturated heterocycles. The first-order valence-corrected chi connectivity index (χ1v) is 8.75. The van der Waals surface area contributed by atoms with Crippen molar-refractivity contribution in [2.45, 2.75) is 19.8 Å². The van der Waals surface area contributed by atoms with Crippen LogP contribution in [-0.2, 0) is 4.79 Å². The summed E-state index contributed by atoms with van der Waals surface area (Å²) >= 11 is 5.75. The third kappa shape index (κ3) is 3.22. The van der Waals surface area contributed by atoms with E-state index in [1.54, 1.807) is 0 Å². The fourth-order valence-electron chi connectivity index (χ4n) is 3.28. The van der Waals surface area contributed by atoms with Gasteiger partial charge in [0.1, 0.15) is 10.7 Å². The van der Waals surface area contributed by atoms with E-state index in [2.05, 4.69) is 17.0 Å². The monoisotopic (exact) mass is 342 g/mol. The summed E-state index contributed by atoms with van der Waals surface area (Å²) in [7, 11) is 0. The minimum Gasteiger partial charge on any atom is -0.493 e. The van der Waals surface area contributed by atoms with Crippen LogP contribution in [-0.4, -0.2) is 35.5 Å². The lowest BCUT2D eigenvalue weighted by Crippen LogP contribution is -2.41. The first-order valence-electron chi connectivity index (χ1n) is 8.35. The molecule has 0 bridgehead atoms. The molecule has 0 spiro atoms. The van der Waals surface area contributed by atoms with Crippen LogP contribution in [0.5, 0.6) is 5.75 Å². The van der Waals surface area contributed by atoms with Crippen LogP contribution in [0.15, 0.2) is 36.4 Å². The molecule has 1 heterocycles. The average molecular weight is 342 g/mol. The van der Waals surface area contributed by atoms with Crippen molar-refractivity contribution in [3.63, 3.8) is 0 Å². The number of rotatable bonds is 4. The van der Waals surface area contributed by atoms with Gasteiger partial charge in [-0.05, 0) is 37.3 Å². The SMILES string of the molecule is CCOc1ccc(C(=S)N2CCC(C(N)=O)CC2)c2ccccc12. The maximum absolute atomic E-state index is 11.3. The fourth-order valence-corrected chi connectivity index (χ4v) is 3.64. The summed E-state index contributed by atoms with van der Waals surface area (Å²) in [6.45, 7) is 4.16. The molecule has 1 aliphatic rings. The number of fused-ring (bicyclic) bond motifs is 1. The van der Waals surface area contributed by atoms with Crippen LogP contribution in [0.25, 0.3) is 10.8 Å². The quantitative estimate of drug-likeness (QED) is 0.868. The van der Waals surface area contributed by atoms with E-state index < -0.39 is 0 Å². The van der Waals surface area contributed by atoms with Gasteiger partial charge in [0.15, 0.2) is 0 Å². The minimum absolute atomic E-state index is 0.0267. The van der Waals surface area contributed by atoms with Crippen molar-refractivity contribution in [2.75, 3.05) is 19.7 Å². The number of amides is 1. The number of nitrogens with zero attached hydrogens (tertiary/aromatic N) is 1. The number of piperidine rings is 1. The van der Waals surface area contributed by atoms with Crippen molar-refractivity contribution in [1.82, 2.24) is 4.90 Å². The van der Waals surface area contributed by atoms with Crippen molar-refractivity contribution in [1.29, 1.82) is 0 Å². The van der Waals surface area contributed by atoms with Crippen LogP contribution in [0.2, 0.25) is 0 Å². The molecular weight excluding hydrogens is 320 g/mol.